The standard InChI is InChI=1S/C23H27N9OS/c1-13-10-18(30-29-13)27-20-19-17(6-9-34-19)26-23(28-20)25-14-11-15-4-3-5-16(12-14)32(15)22(33)21-24-7-8-31(21)2/h6-10,14-16H,3-5,11-12H2,1-2H3,(H3,25,26,27,28,29,30)/t14-,15-,16+. The Balaban J connectivity index is 1.23. The summed E-state index contributed by atoms with van der Waals surface area (Å²) in [4.78, 5) is 29.2. The summed E-state index contributed by atoms with van der Waals surface area (Å²) < 4.78 is 2.81. The van der Waals surface area contributed by atoms with Crippen LogP contribution in [0.4, 0.5) is 17.6 Å². The number of H-pyrrole nitrogens is 1. The van der Waals surface area contributed by atoms with E-state index in [1.54, 1.807) is 17.5 Å². The highest BCUT2D eigenvalue weighted by Crippen LogP contribution is 2.36. The summed E-state index contributed by atoms with van der Waals surface area (Å²) >= 11 is 1.61. The molecule has 0 radical (unpaired) electrons. The number of aromatic nitrogens is 6. The minimum absolute atomic E-state index is 0.0392. The van der Waals surface area contributed by atoms with Crippen molar-refractivity contribution in [3.63, 3.8) is 0 Å². The monoisotopic (exact) mass is 477 g/mol. The van der Waals surface area contributed by atoms with Gasteiger partial charge in [0.1, 0.15) is 0 Å². The van der Waals surface area contributed by atoms with Crippen LogP contribution >= 0.6 is 11.3 Å². The molecule has 10 nitrogen and oxygen atoms in total. The van der Waals surface area contributed by atoms with E-state index in [2.05, 4.69) is 30.7 Å². The number of amides is 1. The molecule has 0 aliphatic carbocycles. The molecule has 2 saturated heterocycles. The van der Waals surface area contributed by atoms with Crippen molar-refractivity contribution in [1.29, 1.82) is 0 Å². The number of anilines is 3. The number of thiophene rings is 1. The Morgan fingerprint density at radius 1 is 1.24 bits per heavy atom. The number of aryl methyl sites for hydroxylation is 2. The Labute approximate surface area is 200 Å². The van der Waals surface area contributed by atoms with Crippen molar-refractivity contribution in [2.45, 2.75) is 57.2 Å². The quantitative estimate of drug-likeness (QED) is 0.400. The molecule has 2 bridgehead atoms. The molecule has 3 atom stereocenters. The number of carbonyl (C=O) groups excluding carboxylic acids is 1. The summed E-state index contributed by atoms with van der Waals surface area (Å²) in [7, 11) is 1.87. The van der Waals surface area contributed by atoms with Crippen LogP contribution in [0.2, 0.25) is 0 Å². The molecule has 6 heterocycles. The molecule has 2 aliphatic rings. The molecule has 4 aromatic rings. The number of piperidine rings is 2. The lowest BCUT2D eigenvalue weighted by Gasteiger charge is -2.48. The predicted molar refractivity (Wildman–Crippen MR) is 131 cm³/mol. The SMILES string of the molecule is Cc1cc(Nc2nc(N[C@@H]3C[C@H]4CCC[C@@H](C3)N4C(=O)c3nccn3C)nc3ccsc23)n[nH]1. The van der Waals surface area contributed by atoms with Gasteiger partial charge < -0.3 is 20.1 Å². The van der Waals surface area contributed by atoms with Gasteiger partial charge in [0.15, 0.2) is 17.5 Å². The first-order chi connectivity index (χ1) is 16.5. The normalized spacial score (nSPS) is 22.2. The number of carbonyl (C=O) groups is 1. The summed E-state index contributed by atoms with van der Waals surface area (Å²) in [5, 5.41) is 16.2. The molecule has 11 heteroatoms. The zero-order valence-corrected chi connectivity index (χ0v) is 20.0. The molecule has 2 aliphatic heterocycles. The van der Waals surface area contributed by atoms with E-state index in [1.807, 2.05) is 42.2 Å². The number of rotatable bonds is 5. The van der Waals surface area contributed by atoms with Crippen LogP contribution in [0.15, 0.2) is 29.9 Å². The maximum atomic E-state index is 13.3. The fraction of sp³-hybridized carbons (Fsp3) is 0.435. The molecular formula is C23H27N9OS. The Morgan fingerprint density at radius 3 is 2.76 bits per heavy atom. The lowest BCUT2D eigenvalue weighted by molar-refractivity contribution is 0.0244. The summed E-state index contributed by atoms with van der Waals surface area (Å²) in [6, 6.07) is 4.56. The van der Waals surface area contributed by atoms with Gasteiger partial charge in [-0.2, -0.15) is 10.1 Å². The molecule has 0 unspecified atom stereocenters. The lowest BCUT2D eigenvalue weighted by Crippen LogP contribution is -2.57. The van der Waals surface area contributed by atoms with Crippen LogP contribution in [0.1, 0.15) is 48.4 Å². The minimum atomic E-state index is 0.0392. The first kappa shape index (κ1) is 21.1. The number of nitrogens with zero attached hydrogens (tertiary/aromatic N) is 6. The van der Waals surface area contributed by atoms with Crippen molar-refractivity contribution in [3.8, 4) is 0 Å². The van der Waals surface area contributed by atoms with Gasteiger partial charge in [0.25, 0.3) is 5.91 Å². The first-order valence-corrected chi connectivity index (χ1v) is 12.5. The second kappa shape index (κ2) is 8.39. The van der Waals surface area contributed by atoms with Crippen LogP contribution in [-0.2, 0) is 7.05 Å². The molecule has 4 aromatic heterocycles. The second-order valence-corrected chi connectivity index (χ2v) is 10.1. The van der Waals surface area contributed by atoms with Gasteiger partial charge in [-0.05, 0) is 50.5 Å². The maximum Gasteiger partial charge on any atom is 0.290 e. The van der Waals surface area contributed by atoms with Gasteiger partial charge in [0, 0.05) is 49.3 Å². The molecule has 2 fully saturated rings. The van der Waals surface area contributed by atoms with Crippen LogP contribution in [0.25, 0.3) is 10.2 Å². The van der Waals surface area contributed by atoms with E-state index in [0.717, 1.165) is 59.7 Å². The Bertz CT molecular complexity index is 1330. The van der Waals surface area contributed by atoms with Crippen molar-refractivity contribution in [2.75, 3.05) is 10.6 Å². The van der Waals surface area contributed by atoms with E-state index in [9.17, 15) is 4.79 Å². The van der Waals surface area contributed by atoms with Crippen molar-refractivity contribution in [2.24, 2.45) is 7.05 Å². The molecule has 34 heavy (non-hydrogen) atoms. The fourth-order valence-electron chi connectivity index (χ4n) is 5.32. The number of imidazole rings is 1. The van der Waals surface area contributed by atoms with Crippen LogP contribution < -0.4 is 10.6 Å². The largest absolute Gasteiger partial charge is 0.351 e. The molecule has 1 amide bonds. The fourth-order valence-corrected chi connectivity index (χ4v) is 6.09. The molecule has 3 N–H and O–H groups in total. The van der Waals surface area contributed by atoms with Gasteiger partial charge in [0.2, 0.25) is 5.95 Å². The number of aromatic amines is 1. The van der Waals surface area contributed by atoms with E-state index >= 15 is 0 Å². The second-order valence-electron chi connectivity index (χ2n) is 9.22. The van der Waals surface area contributed by atoms with E-state index < -0.39 is 0 Å². The van der Waals surface area contributed by atoms with Gasteiger partial charge in [-0.25, -0.2) is 9.97 Å². The minimum Gasteiger partial charge on any atom is -0.351 e. The number of fused-ring (bicyclic) bond motifs is 3. The number of hydrogen-bond donors (Lipinski definition) is 3. The molecular weight excluding hydrogens is 450 g/mol. The van der Waals surface area contributed by atoms with Gasteiger partial charge in [-0.1, -0.05) is 0 Å². The lowest BCUT2D eigenvalue weighted by atomic mass is 9.81. The molecule has 0 spiro atoms. The smallest absolute Gasteiger partial charge is 0.290 e. The number of hydrogen-bond acceptors (Lipinski definition) is 8. The third kappa shape index (κ3) is 3.79. The van der Waals surface area contributed by atoms with Crippen molar-refractivity contribution < 1.29 is 4.79 Å². The van der Waals surface area contributed by atoms with E-state index in [1.165, 1.54) is 0 Å². The summed E-state index contributed by atoms with van der Waals surface area (Å²) in [6.07, 6.45) is 8.44. The zero-order valence-electron chi connectivity index (χ0n) is 19.2. The Kier molecular flexibility index (Phi) is 5.20. The van der Waals surface area contributed by atoms with E-state index in [4.69, 9.17) is 9.97 Å². The summed E-state index contributed by atoms with van der Waals surface area (Å²) in [6.45, 7) is 1.97. The van der Waals surface area contributed by atoms with Gasteiger partial charge in [-0.3, -0.25) is 9.89 Å². The van der Waals surface area contributed by atoms with Crippen molar-refractivity contribution in [1.82, 2.24) is 34.6 Å². The topological polar surface area (TPSA) is 117 Å². The first-order valence-electron chi connectivity index (χ1n) is 11.7. The van der Waals surface area contributed by atoms with Crippen molar-refractivity contribution >= 4 is 45.0 Å². The van der Waals surface area contributed by atoms with Crippen LogP contribution in [0.5, 0.6) is 0 Å². The van der Waals surface area contributed by atoms with Gasteiger partial charge >= 0.3 is 0 Å². The van der Waals surface area contributed by atoms with Gasteiger partial charge in [-0.15, -0.1) is 11.3 Å². The average Bonchev–Trinajstić information content (AvgIpc) is 3.54. The van der Waals surface area contributed by atoms with Gasteiger partial charge in [0.05, 0.1) is 10.2 Å². The number of nitrogens with one attached hydrogen (secondary N) is 3. The Morgan fingerprint density at radius 2 is 2.06 bits per heavy atom. The predicted octanol–water partition coefficient (Wildman–Crippen LogP) is 3.84. The molecule has 0 saturated carbocycles. The summed E-state index contributed by atoms with van der Waals surface area (Å²) in [5.74, 6) is 2.63. The Hall–Kier alpha value is -3.47. The van der Waals surface area contributed by atoms with E-state index in [0.29, 0.717) is 11.8 Å². The average molecular weight is 478 g/mol. The molecule has 6 rings (SSSR count). The third-order valence-electron chi connectivity index (χ3n) is 6.81. The highest BCUT2D eigenvalue weighted by molar-refractivity contribution is 7.17. The maximum absolute atomic E-state index is 13.3. The molecule has 176 valence electrons. The van der Waals surface area contributed by atoms with Crippen molar-refractivity contribution in [3.05, 3.63) is 41.4 Å². The van der Waals surface area contributed by atoms with E-state index in [-0.39, 0.29) is 24.0 Å². The third-order valence-corrected chi connectivity index (χ3v) is 7.72. The molecule has 0 aromatic carbocycles. The van der Waals surface area contributed by atoms with Crippen LogP contribution in [0, 0.1) is 6.92 Å². The van der Waals surface area contributed by atoms with Crippen LogP contribution in [0.3, 0.4) is 0 Å². The zero-order chi connectivity index (χ0) is 23.2. The van der Waals surface area contributed by atoms with Crippen LogP contribution in [-0.4, -0.2) is 58.6 Å². The highest BCUT2D eigenvalue weighted by atomic mass is 32.1. The summed E-state index contributed by atoms with van der Waals surface area (Å²) in [5.41, 5.74) is 1.88. The highest BCUT2D eigenvalue weighted by Gasteiger charge is 2.42.